The number of H-pyrrole nitrogens is 1. The Balaban J connectivity index is 1.79. The molecule has 0 radical (unpaired) electrons. The Bertz CT molecular complexity index is 742. The smallest absolute Gasteiger partial charge is 0.124 e. The van der Waals surface area contributed by atoms with Crippen molar-refractivity contribution in [3.8, 4) is 11.3 Å². The highest BCUT2D eigenvalue weighted by molar-refractivity contribution is 6.33. The Kier molecular flexibility index (Phi) is 3.83. The van der Waals surface area contributed by atoms with E-state index in [1.807, 2.05) is 12.1 Å². The normalized spacial score (nSPS) is 10.6. The average Bonchev–Trinajstić information content (AvgIpc) is 2.96. The number of benzene rings is 1. The predicted molar refractivity (Wildman–Crippen MR) is 80.6 cm³/mol. The number of nitrogens with zero attached hydrogens (tertiary/aromatic N) is 2. The van der Waals surface area contributed by atoms with Crippen molar-refractivity contribution in [3.05, 3.63) is 65.3 Å². The molecule has 106 valence electrons. The Morgan fingerprint density at radius 2 is 2.14 bits per heavy atom. The minimum absolute atomic E-state index is 0.349. The second kappa shape index (κ2) is 5.93. The number of nitrogens with one attached hydrogen (secondary N) is 2. The van der Waals surface area contributed by atoms with Crippen molar-refractivity contribution >= 4 is 17.3 Å². The molecule has 0 aliphatic carbocycles. The Hall–Kier alpha value is -2.40. The van der Waals surface area contributed by atoms with E-state index in [0.717, 1.165) is 16.8 Å². The first-order chi connectivity index (χ1) is 10.2. The van der Waals surface area contributed by atoms with Gasteiger partial charge >= 0.3 is 0 Å². The van der Waals surface area contributed by atoms with Crippen molar-refractivity contribution in [1.82, 2.24) is 15.2 Å². The average molecular weight is 303 g/mol. The molecule has 3 aromatic rings. The van der Waals surface area contributed by atoms with Gasteiger partial charge in [0.15, 0.2) is 0 Å². The maximum Gasteiger partial charge on any atom is 0.124 e. The van der Waals surface area contributed by atoms with Crippen LogP contribution in [0.3, 0.4) is 0 Å². The van der Waals surface area contributed by atoms with Crippen molar-refractivity contribution in [2.45, 2.75) is 6.54 Å². The zero-order valence-corrected chi connectivity index (χ0v) is 11.7. The van der Waals surface area contributed by atoms with Crippen LogP contribution in [-0.2, 0) is 6.54 Å². The van der Waals surface area contributed by atoms with Gasteiger partial charge in [0.1, 0.15) is 5.82 Å². The lowest BCUT2D eigenvalue weighted by molar-refractivity contribution is 0.628. The first kappa shape index (κ1) is 13.6. The fourth-order valence-corrected chi connectivity index (χ4v) is 2.26. The molecule has 0 unspecified atom stereocenters. The van der Waals surface area contributed by atoms with Crippen LogP contribution in [0.1, 0.15) is 5.56 Å². The van der Waals surface area contributed by atoms with Crippen LogP contribution in [0.2, 0.25) is 5.02 Å². The molecule has 4 nitrogen and oxygen atoms in total. The van der Waals surface area contributed by atoms with Gasteiger partial charge < -0.3 is 5.32 Å². The highest BCUT2D eigenvalue weighted by atomic mass is 35.5. The molecule has 2 N–H and O–H groups in total. The number of aromatic nitrogens is 3. The van der Waals surface area contributed by atoms with E-state index in [9.17, 15) is 4.39 Å². The van der Waals surface area contributed by atoms with E-state index in [1.54, 1.807) is 24.7 Å². The minimum Gasteiger partial charge on any atom is -0.380 e. The van der Waals surface area contributed by atoms with Crippen LogP contribution < -0.4 is 5.32 Å². The van der Waals surface area contributed by atoms with Gasteiger partial charge in [-0.3, -0.25) is 10.1 Å². The minimum atomic E-state index is -0.357. The molecule has 6 heteroatoms. The summed E-state index contributed by atoms with van der Waals surface area (Å²) < 4.78 is 13.0. The lowest BCUT2D eigenvalue weighted by atomic mass is 10.1. The number of hydrogen-bond acceptors (Lipinski definition) is 3. The molecule has 0 fully saturated rings. The first-order valence-electron chi connectivity index (χ1n) is 6.35. The summed E-state index contributed by atoms with van der Waals surface area (Å²) in [4.78, 5) is 4.09. The van der Waals surface area contributed by atoms with Gasteiger partial charge in [-0.25, -0.2) is 4.39 Å². The zero-order valence-electron chi connectivity index (χ0n) is 11.0. The molecule has 0 bridgehead atoms. The number of anilines is 1. The summed E-state index contributed by atoms with van der Waals surface area (Å²) in [6.45, 7) is 0.520. The van der Waals surface area contributed by atoms with Crippen LogP contribution in [0.15, 0.2) is 48.9 Å². The summed E-state index contributed by atoms with van der Waals surface area (Å²) in [5.41, 5.74) is 3.51. The molecule has 0 spiro atoms. The molecule has 0 saturated heterocycles. The molecule has 3 rings (SSSR count). The highest BCUT2D eigenvalue weighted by Crippen LogP contribution is 2.25. The van der Waals surface area contributed by atoms with Gasteiger partial charge in [-0.15, -0.1) is 0 Å². The van der Waals surface area contributed by atoms with Gasteiger partial charge in [-0.05, 0) is 30.3 Å². The van der Waals surface area contributed by atoms with E-state index < -0.39 is 0 Å². The van der Waals surface area contributed by atoms with Crippen molar-refractivity contribution in [3.63, 3.8) is 0 Å². The number of hydrogen-bond donors (Lipinski definition) is 2. The van der Waals surface area contributed by atoms with Crippen LogP contribution in [-0.4, -0.2) is 15.2 Å². The van der Waals surface area contributed by atoms with Crippen molar-refractivity contribution in [1.29, 1.82) is 0 Å². The lowest BCUT2D eigenvalue weighted by Crippen LogP contribution is -2.00. The fourth-order valence-electron chi connectivity index (χ4n) is 2.03. The third-order valence-electron chi connectivity index (χ3n) is 3.07. The summed E-state index contributed by atoms with van der Waals surface area (Å²) in [5.74, 6) is -0.357. The number of rotatable bonds is 4. The van der Waals surface area contributed by atoms with Gasteiger partial charge in [-0.2, -0.15) is 5.10 Å². The van der Waals surface area contributed by atoms with Gasteiger partial charge in [0, 0.05) is 30.1 Å². The zero-order chi connectivity index (χ0) is 14.7. The molecule has 2 heterocycles. The second-order valence-electron chi connectivity index (χ2n) is 4.49. The molecule has 1 aromatic carbocycles. The van der Waals surface area contributed by atoms with Crippen molar-refractivity contribution < 1.29 is 4.39 Å². The maximum absolute atomic E-state index is 13.0. The van der Waals surface area contributed by atoms with Gasteiger partial charge in [-0.1, -0.05) is 11.6 Å². The second-order valence-corrected chi connectivity index (χ2v) is 4.90. The molecule has 0 saturated carbocycles. The van der Waals surface area contributed by atoms with E-state index >= 15 is 0 Å². The van der Waals surface area contributed by atoms with Crippen molar-refractivity contribution in [2.24, 2.45) is 0 Å². The number of pyridine rings is 1. The van der Waals surface area contributed by atoms with Gasteiger partial charge in [0.25, 0.3) is 0 Å². The Labute approximate surface area is 126 Å². The number of aromatic amines is 1. The lowest BCUT2D eigenvalue weighted by Gasteiger charge is -2.08. The van der Waals surface area contributed by atoms with Gasteiger partial charge in [0.2, 0.25) is 0 Å². The van der Waals surface area contributed by atoms with Crippen LogP contribution >= 0.6 is 11.6 Å². The van der Waals surface area contributed by atoms with Crippen LogP contribution in [0, 0.1) is 5.82 Å². The SMILES string of the molecule is Fc1ccc(NCc2cn[nH]c2-c2cccnc2)c(Cl)c1. The maximum atomic E-state index is 13.0. The topological polar surface area (TPSA) is 53.6 Å². The van der Waals surface area contributed by atoms with E-state index in [0.29, 0.717) is 17.3 Å². The summed E-state index contributed by atoms with van der Waals surface area (Å²) >= 11 is 5.99. The first-order valence-corrected chi connectivity index (χ1v) is 6.73. The molecular weight excluding hydrogens is 291 g/mol. The molecule has 0 aliphatic heterocycles. The van der Waals surface area contributed by atoms with Crippen LogP contribution in [0.25, 0.3) is 11.3 Å². The molecule has 2 aromatic heterocycles. The summed E-state index contributed by atoms with van der Waals surface area (Å²) in [6.07, 6.45) is 5.23. The molecule has 0 atom stereocenters. The van der Waals surface area contributed by atoms with E-state index in [4.69, 9.17) is 11.6 Å². The van der Waals surface area contributed by atoms with E-state index in [-0.39, 0.29) is 5.82 Å². The van der Waals surface area contributed by atoms with Crippen LogP contribution in [0.5, 0.6) is 0 Å². The largest absolute Gasteiger partial charge is 0.380 e. The quantitative estimate of drug-likeness (QED) is 0.769. The van der Waals surface area contributed by atoms with E-state index in [2.05, 4.69) is 20.5 Å². The highest BCUT2D eigenvalue weighted by Gasteiger charge is 2.08. The summed E-state index contributed by atoms with van der Waals surface area (Å²) in [6, 6.07) is 8.08. The Morgan fingerprint density at radius 3 is 2.90 bits per heavy atom. The third kappa shape index (κ3) is 3.03. The fraction of sp³-hybridized carbons (Fsp3) is 0.0667. The van der Waals surface area contributed by atoms with Crippen LogP contribution in [0.4, 0.5) is 10.1 Å². The molecule has 21 heavy (non-hydrogen) atoms. The molecule has 0 aliphatic rings. The number of halogens is 2. The Morgan fingerprint density at radius 1 is 1.24 bits per heavy atom. The summed E-state index contributed by atoms with van der Waals surface area (Å²) in [7, 11) is 0. The monoisotopic (exact) mass is 302 g/mol. The standard InChI is InChI=1S/C15H12ClFN4/c16-13-6-12(17)3-4-14(13)19-8-11-9-20-21-15(11)10-2-1-5-18-7-10/h1-7,9,19H,8H2,(H,20,21). The van der Waals surface area contributed by atoms with E-state index in [1.165, 1.54) is 12.1 Å². The van der Waals surface area contributed by atoms with Gasteiger partial charge in [0.05, 0.1) is 22.6 Å². The molecule has 0 amide bonds. The predicted octanol–water partition coefficient (Wildman–Crippen LogP) is 3.88. The third-order valence-corrected chi connectivity index (χ3v) is 3.38. The molecular formula is C15H12ClFN4. The summed E-state index contributed by atoms with van der Waals surface area (Å²) in [5, 5.41) is 10.5. The van der Waals surface area contributed by atoms with Crippen molar-refractivity contribution in [2.75, 3.05) is 5.32 Å².